The van der Waals surface area contributed by atoms with Crippen molar-refractivity contribution in [3.05, 3.63) is 77.6 Å². The topological polar surface area (TPSA) is 65.4 Å². The van der Waals surface area contributed by atoms with E-state index in [-0.39, 0.29) is 5.91 Å². The van der Waals surface area contributed by atoms with Crippen LogP contribution >= 0.6 is 0 Å². The van der Waals surface area contributed by atoms with Crippen molar-refractivity contribution in [2.75, 3.05) is 7.11 Å². The maximum Gasteiger partial charge on any atom is 0.251 e. The molecule has 1 heterocycles. The van der Waals surface area contributed by atoms with Gasteiger partial charge in [-0.3, -0.25) is 9.48 Å². The minimum absolute atomic E-state index is 0.110. The Morgan fingerprint density at radius 3 is 2.41 bits per heavy atom. The van der Waals surface area contributed by atoms with Crippen LogP contribution in [0.2, 0.25) is 0 Å². The molecule has 6 nitrogen and oxygen atoms in total. The molecule has 6 heteroatoms. The van der Waals surface area contributed by atoms with Crippen LogP contribution in [0, 0.1) is 0 Å². The minimum atomic E-state index is -0.110. The summed E-state index contributed by atoms with van der Waals surface area (Å²) >= 11 is 0. The lowest BCUT2D eigenvalue weighted by molar-refractivity contribution is 0.0950. The molecule has 1 aromatic heterocycles. The molecule has 0 saturated heterocycles. The van der Waals surface area contributed by atoms with Gasteiger partial charge >= 0.3 is 0 Å². The highest BCUT2D eigenvalue weighted by Crippen LogP contribution is 2.18. The zero-order chi connectivity index (χ0) is 19.1. The third-order valence-electron chi connectivity index (χ3n) is 4.22. The van der Waals surface area contributed by atoms with Gasteiger partial charge in [0.2, 0.25) is 0 Å². The minimum Gasteiger partial charge on any atom is -0.497 e. The summed E-state index contributed by atoms with van der Waals surface area (Å²) in [6.45, 7) is 3.69. The normalized spacial score (nSPS) is 10.4. The molecule has 0 bridgehead atoms. The SMILES string of the molecule is CCn1nccc1CNC(=O)c1ccc(COc2ccc(OC)cc2)cc1. The highest BCUT2D eigenvalue weighted by molar-refractivity contribution is 5.94. The van der Waals surface area contributed by atoms with Crippen molar-refractivity contribution in [2.45, 2.75) is 26.6 Å². The molecule has 140 valence electrons. The third-order valence-corrected chi connectivity index (χ3v) is 4.22. The summed E-state index contributed by atoms with van der Waals surface area (Å²) in [5.74, 6) is 1.45. The van der Waals surface area contributed by atoms with Crippen LogP contribution in [0.25, 0.3) is 0 Å². The number of hydrogen-bond donors (Lipinski definition) is 1. The summed E-state index contributed by atoms with van der Waals surface area (Å²) in [6.07, 6.45) is 1.74. The second-order valence-corrected chi connectivity index (χ2v) is 5.98. The number of ether oxygens (including phenoxy) is 2. The molecule has 1 amide bonds. The lowest BCUT2D eigenvalue weighted by Gasteiger charge is -2.09. The van der Waals surface area contributed by atoms with Crippen LogP contribution in [-0.2, 0) is 19.7 Å². The molecule has 0 aliphatic rings. The summed E-state index contributed by atoms with van der Waals surface area (Å²) in [5, 5.41) is 7.12. The average Bonchev–Trinajstić information content (AvgIpc) is 3.19. The fourth-order valence-electron chi connectivity index (χ4n) is 2.66. The fraction of sp³-hybridized carbons (Fsp3) is 0.238. The van der Waals surface area contributed by atoms with Gasteiger partial charge in [0.25, 0.3) is 5.91 Å². The van der Waals surface area contributed by atoms with Crippen LogP contribution < -0.4 is 14.8 Å². The highest BCUT2D eigenvalue weighted by atomic mass is 16.5. The number of nitrogens with one attached hydrogen (secondary N) is 1. The van der Waals surface area contributed by atoms with Gasteiger partial charge in [-0.1, -0.05) is 12.1 Å². The maximum absolute atomic E-state index is 12.3. The molecule has 0 aliphatic carbocycles. The molecule has 0 radical (unpaired) electrons. The Balaban J connectivity index is 1.52. The summed E-state index contributed by atoms with van der Waals surface area (Å²) in [5.41, 5.74) is 2.59. The van der Waals surface area contributed by atoms with Crippen molar-refractivity contribution in [3.63, 3.8) is 0 Å². The first-order chi connectivity index (χ1) is 13.2. The molecular weight excluding hydrogens is 342 g/mol. The Morgan fingerprint density at radius 1 is 1.04 bits per heavy atom. The van der Waals surface area contributed by atoms with Gasteiger partial charge < -0.3 is 14.8 Å². The molecule has 3 aromatic rings. The number of amides is 1. The van der Waals surface area contributed by atoms with Crippen LogP contribution in [0.15, 0.2) is 60.8 Å². The molecule has 1 N–H and O–H groups in total. The molecule has 0 atom stereocenters. The second kappa shape index (κ2) is 8.89. The van der Waals surface area contributed by atoms with E-state index in [0.717, 1.165) is 29.3 Å². The Hall–Kier alpha value is -3.28. The standard InChI is InChI=1S/C21H23N3O3/c1-3-24-18(12-13-23-24)14-22-21(25)17-6-4-16(5-7-17)15-27-20-10-8-19(26-2)9-11-20/h4-13H,3,14-15H2,1-2H3,(H,22,25). The van der Waals surface area contributed by atoms with Crippen molar-refractivity contribution >= 4 is 5.91 Å². The van der Waals surface area contributed by atoms with Crippen LogP contribution in [0.5, 0.6) is 11.5 Å². The zero-order valence-corrected chi connectivity index (χ0v) is 15.5. The van der Waals surface area contributed by atoms with Crippen LogP contribution in [-0.4, -0.2) is 22.8 Å². The predicted octanol–water partition coefficient (Wildman–Crippen LogP) is 3.42. The predicted molar refractivity (Wildman–Crippen MR) is 103 cm³/mol. The number of benzene rings is 2. The van der Waals surface area contributed by atoms with E-state index in [1.54, 1.807) is 25.4 Å². The number of carbonyl (C=O) groups is 1. The number of carbonyl (C=O) groups excluding carboxylic acids is 1. The Labute approximate surface area is 158 Å². The van der Waals surface area contributed by atoms with Gasteiger partial charge in [-0.2, -0.15) is 5.10 Å². The monoisotopic (exact) mass is 365 g/mol. The molecule has 27 heavy (non-hydrogen) atoms. The molecule has 0 fully saturated rings. The van der Waals surface area contributed by atoms with E-state index in [1.165, 1.54) is 0 Å². The first kappa shape index (κ1) is 18.5. The third kappa shape index (κ3) is 4.88. The van der Waals surface area contributed by atoms with E-state index in [0.29, 0.717) is 18.7 Å². The molecule has 3 rings (SSSR count). The summed E-state index contributed by atoms with van der Waals surface area (Å²) in [7, 11) is 1.63. The lowest BCUT2D eigenvalue weighted by Crippen LogP contribution is -2.24. The fourth-order valence-corrected chi connectivity index (χ4v) is 2.66. The van der Waals surface area contributed by atoms with Crippen molar-refractivity contribution in [3.8, 4) is 11.5 Å². The second-order valence-electron chi connectivity index (χ2n) is 5.98. The maximum atomic E-state index is 12.3. The van der Waals surface area contributed by atoms with E-state index >= 15 is 0 Å². The highest BCUT2D eigenvalue weighted by Gasteiger charge is 2.07. The molecule has 0 spiro atoms. The van der Waals surface area contributed by atoms with Crippen LogP contribution in [0.1, 0.15) is 28.5 Å². The van der Waals surface area contributed by atoms with Gasteiger partial charge in [0, 0.05) is 18.3 Å². The summed E-state index contributed by atoms with van der Waals surface area (Å²) < 4.78 is 12.7. The number of methoxy groups -OCH3 is 1. The van der Waals surface area contributed by atoms with Crippen molar-refractivity contribution in [1.82, 2.24) is 15.1 Å². The summed E-state index contributed by atoms with van der Waals surface area (Å²) in [6, 6.07) is 16.7. The molecule has 0 unspecified atom stereocenters. The quantitative estimate of drug-likeness (QED) is 0.664. The number of rotatable bonds is 8. The van der Waals surface area contributed by atoms with Crippen molar-refractivity contribution < 1.29 is 14.3 Å². The van der Waals surface area contributed by atoms with Crippen molar-refractivity contribution in [2.24, 2.45) is 0 Å². The van der Waals surface area contributed by atoms with Gasteiger partial charge in [-0.25, -0.2) is 0 Å². The van der Waals surface area contributed by atoms with Gasteiger partial charge in [0.1, 0.15) is 18.1 Å². The van der Waals surface area contributed by atoms with E-state index < -0.39 is 0 Å². The molecule has 0 aliphatic heterocycles. The largest absolute Gasteiger partial charge is 0.497 e. The number of aromatic nitrogens is 2. The zero-order valence-electron chi connectivity index (χ0n) is 15.5. The van der Waals surface area contributed by atoms with E-state index in [1.807, 2.05) is 54.1 Å². The van der Waals surface area contributed by atoms with E-state index in [9.17, 15) is 4.79 Å². The number of hydrogen-bond acceptors (Lipinski definition) is 4. The van der Waals surface area contributed by atoms with Gasteiger partial charge in [0.15, 0.2) is 0 Å². The van der Waals surface area contributed by atoms with Gasteiger partial charge in [-0.15, -0.1) is 0 Å². The molecular formula is C21H23N3O3. The lowest BCUT2D eigenvalue weighted by atomic mass is 10.1. The smallest absolute Gasteiger partial charge is 0.251 e. The van der Waals surface area contributed by atoms with E-state index in [4.69, 9.17) is 9.47 Å². The number of nitrogens with zero attached hydrogens (tertiary/aromatic N) is 2. The first-order valence-electron chi connectivity index (χ1n) is 8.84. The Bertz CT molecular complexity index is 870. The van der Waals surface area contributed by atoms with Gasteiger partial charge in [0.05, 0.1) is 19.3 Å². The van der Waals surface area contributed by atoms with Crippen molar-refractivity contribution in [1.29, 1.82) is 0 Å². The number of aryl methyl sites for hydroxylation is 1. The van der Waals surface area contributed by atoms with E-state index in [2.05, 4.69) is 10.4 Å². The van der Waals surface area contributed by atoms with Crippen LogP contribution in [0.4, 0.5) is 0 Å². The molecule has 2 aromatic carbocycles. The Morgan fingerprint density at radius 2 is 1.74 bits per heavy atom. The summed E-state index contributed by atoms with van der Waals surface area (Å²) in [4.78, 5) is 12.3. The molecule has 0 saturated carbocycles. The van der Waals surface area contributed by atoms with Crippen LogP contribution in [0.3, 0.4) is 0 Å². The van der Waals surface area contributed by atoms with Gasteiger partial charge in [-0.05, 0) is 55.0 Å². The first-order valence-corrected chi connectivity index (χ1v) is 8.84. The Kier molecular flexibility index (Phi) is 6.10. The average molecular weight is 365 g/mol.